The zero-order chi connectivity index (χ0) is 23.5. The highest BCUT2D eigenvalue weighted by Gasteiger charge is 2.22. The number of carbonyl (C=O) groups excluding carboxylic acids is 2. The van der Waals surface area contributed by atoms with Crippen molar-refractivity contribution in [3.8, 4) is 0 Å². The molecule has 1 heterocycles. The van der Waals surface area contributed by atoms with Crippen LogP contribution in [0.3, 0.4) is 0 Å². The Labute approximate surface area is 188 Å². The van der Waals surface area contributed by atoms with Crippen LogP contribution >= 0.6 is 0 Å². The maximum atomic E-state index is 12.7. The van der Waals surface area contributed by atoms with Gasteiger partial charge >= 0.3 is 0 Å². The summed E-state index contributed by atoms with van der Waals surface area (Å²) >= 11 is 0. The third-order valence-corrected chi connectivity index (χ3v) is 6.63. The Morgan fingerprint density at radius 2 is 1.59 bits per heavy atom. The number of carbonyl (C=O) groups is 2. The second-order valence-electron chi connectivity index (χ2n) is 7.82. The smallest absolute Gasteiger partial charge is 0.289 e. The molecule has 7 nitrogen and oxygen atoms in total. The second kappa shape index (κ2) is 9.40. The van der Waals surface area contributed by atoms with Crippen molar-refractivity contribution in [2.75, 3.05) is 18.9 Å². The van der Waals surface area contributed by atoms with Crippen LogP contribution in [0.1, 0.15) is 33.0 Å². The van der Waals surface area contributed by atoms with Gasteiger partial charge in [-0.2, -0.15) is 0 Å². The maximum absolute atomic E-state index is 12.7. The van der Waals surface area contributed by atoms with Gasteiger partial charge in [0.2, 0.25) is 5.91 Å². The molecule has 0 spiro atoms. The van der Waals surface area contributed by atoms with Gasteiger partial charge in [0.25, 0.3) is 5.91 Å². The fourth-order valence-corrected chi connectivity index (χ4v) is 4.77. The van der Waals surface area contributed by atoms with E-state index in [1.807, 2.05) is 32.9 Å². The number of nitrogens with one attached hydrogen (secondary N) is 1. The van der Waals surface area contributed by atoms with Crippen molar-refractivity contribution in [2.45, 2.75) is 31.4 Å². The van der Waals surface area contributed by atoms with Gasteiger partial charge in [0.1, 0.15) is 11.5 Å². The van der Waals surface area contributed by atoms with Crippen molar-refractivity contribution >= 4 is 27.3 Å². The van der Waals surface area contributed by atoms with Crippen LogP contribution in [0.15, 0.2) is 63.9 Å². The molecule has 0 radical (unpaired) electrons. The average Bonchev–Trinajstić information content (AvgIpc) is 3.18. The van der Waals surface area contributed by atoms with E-state index in [-0.39, 0.29) is 34.6 Å². The molecule has 8 heteroatoms. The molecule has 0 aliphatic rings. The largest absolute Gasteiger partial charge is 0.455 e. The molecule has 0 unspecified atom stereocenters. The van der Waals surface area contributed by atoms with Gasteiger partial charge in [0.05, 0.1) is 11.4 Å². The van der Waals surface area contributed by atoms with Crippen LogP contribution in [-0.2, 0) is 20.4 Å². The number of hydrogen-bond donors (Lipinski definition) is 1. The highest BCUT2D eigenvalue weighted by atomic mass is 32.2. The number of amides is 2. The van der Waals surface area contributed by atoms with E-state index in [9.17, 15) is 18.0 Å². The van der Waals surface area contributed by atoms with E-state index < -0.39 is 15.7 Å². The lowest BCUT2D eigenvalue weighted by Gasteiger charge is -2.17. The number of nitrogens with zero attached hydrogens (tertiary/aromatic N) is 1. The predicted octanol–water partition coefficient (Wildman–Crippen LogP) is 3.89. The van der Waals surface area contributed by atoms with Crippen molar-refractivity contribution in [1.29, 1.82) is 0 Å². The van der Waals surface area contributed by atoms with Gasteiger partial charge in [-0.15, -0.1) is 0 Å². The highest BCUT2D eigenvalue weighted by molar-refractivity contribution is 7.90. The number of benzene rings is 2. The molecular weight excluding hydrogens is 428 g/mol. The zero-order valence-electron chi connectivity index (χ0n) is 18.5. The van der Waals surface area contributed by atoms with Crippen LogP contribution in [-0.4, -0.2) is 38.7 Å². The molecule has 2 amide bonds. The van der Waals surface area contributed by atoms with Gasteiger partial charge in [0, 0.05) is 12.7 Å². The summed E-state index contributed by atoms with van der Waals surface area (Å²) in [6.07, 6.45) is 0. The summed E-state index contributed by atoms with van der Waals surface area (Å²) in [6.45, 7) is 5.64. The minimum Gasteiger partial charge on any atom is -0.455 e. The van der Waals surface area contributed by atoms with Crippen LogP contribution < -0.4 is 5.32 Å². The summed E-state index contributed by atoms with van der Waals surface area (Å²) in [5.74, 6) is -1.09. The van der Waals surface area contributed by atoms with Gasteiger partial charge in [0.15, 0.2) is 15.6 Å². The molecule has 0 aliphatic heterocycles. The van der Waals surface area contributed by atoms with E-state index >= 15 is 0 Å². The van der Waals surface area contributed by atoms with E-state index in [1.54, 1.807) is 18.2 Å². The number of likely N-dealkylation sites (N-methyl/N-ethyl adjacent to an activating group) is 1. The SMILES string of the molecule is Cc1cc(C)c(NC(=O)CN(C)C(=O)c2ccc(CS(=O)(=O)c3ccccc3)o2)c(C)c1. The minimum absolute atomic E-state index is 0.0266. The molecule has 2 aromatic carbocycles. The summed E-state index contributed by atoms with van der Waals surface area (Å²) in [7, 11) is -2.11. The van der Waals surface area contributed by atoms with Gasteiger partial charge in [-0.1, -0.05) is 35.9 Å². The number of furan rings is 1. The minimum atomic E-state index is -3.59. The number of rotatable bonds is 7. The normalized spacial score (nSPS) is 11.2. The molecule has 0 fully saturated rings. The highest BCUT2D eigenvalue weighted by Crippen LogP contribution is 2.22. The molecule has 1 N–H and O–H groups in total. The molecule has 0 atom stereocenters. The molecule has 32 heavy (non-hydrogen) atoms. The Morgan fingerprint density at radius 3 is 2.22 bits per heavy atom. The summed E-state index contributed by atoms with van der Waals surface area (Å²) in [5.41, 5.74) is 3.72. The van der Waals surface area contributed by atoms with E-state index in [2.05, 4.69) is 5.32 Å². The van der Waals surface area contributed by atoms with Gasteiger partial charge in [-0.25, -0.2) is 8.42 Å². The lowest BCUT2D eigenvalue weighted by Crippen LogP contribution is -2.35. The molecule has 3 rings (SSSR count). The van der Waals surface area contributed by atoms with Gasteiger partial charge in [-0.05, 0) is 56.2 Å². The molecule has 0 saturated heterocycles. The fraction of sp³-hybridized carbons (Fsp3) is 0.250. The Balaban J connectivity index is 1.64. The Hall–Kier alpha value is -3.39. The molecule has 0 bridgehead atoms. The molecule has 0 saturated carbocycles. The molecule has 1 aromatic heterocycles. The summed E-state index contributed by atoms with van der Waals surface area (Å²) in [6, 6.07) is 14.9. The van der Waals surface area contributed by atoms with Crippen LogP contribution in [0.25, 0.3) is 0 Å². The monoisotopic (exact) mass is 454 g/mol. The molecule has 168 valence electrons. The first kappa shape index (κ1) is 23.3. The maximum Gasteiger partial charge on any atom is 0.289 e. The Kier molecular flexibility index (Phi) is 6.84. The van der Waals surface area contributed by atoms with Crippen molar-refractivity contribution in [1.82, 2.24) is 4.90 Å². The molecule has 3 aromatic rings. The summed E-state index contributed by atoms with van der Waals surface area (Å²) < 4.78 is 30.5. The predicted molar refractivity (Wildman–Crippen MR) is 122 cm³/mol. The van der Waals surface area contributed by atoms with E-state index in [4.69, 9.17) is 4.42 Å². The number of aryl methyl sites for hydroxylation is 3. The zero-order valence-corrected chi connectivity index (χ0v) is 19.3. The van der Waals surface area contributed by atoms with Crippen molar-refractivity contribution in [3.63, 3.8) is 0 Å². The third-order valence-electron chi connectivity index (χ3n) is 4.98. The average molecular weight is 455 g/mol. The van der Waals surface area contributed by atoms with Gasteiger partial charge < -0.3 is 14.6 Å². The quantitative estimate of drug-likeness (QED) is 0.584. The van der Waals surface area contributed by atoms with Crippen LogP contribution in [0.5, 0.6) is 0 Å². The Bertz CT molecular complexity index is 1220. The molecule has 0 aliphatic carbocycles. The first-order chi connectivity index (χ1) is 15.1. The molecular formula is C24H26N2O5S. The van der Waals surface area contributed by atoms with Crippen molar-refractivity contribution in [2.24, 2.45) is 0 Å². The van der Waals surface area contributed by atoms with Crippen molar-refractivity contribution < 1.29 is 22.4 Å². The van der Waals surface area contributed by atoms with Crippen LogP contribution in [0.2, 0.25) is 0 Å². The van der Waals surface area contributed by atoms with Crippen LogP contribution in [0, 0.1) is 20.8 Å². The van der Waals surface area contributed by atoms with E-state index in [1.165, 1.54) is 36.2 Å². The van der Waals surface area contributed by atoms with E-state index in [0.29, 0.717) is 0 Å². The lowest BCUT2D eigenvalue weighted by molar-refractivity contribution is -0.116. The lowest BCUT2D eigenvalue weighted by atomic mass is 10.1. The first-order valence-corrected chi connectivity index (χ1v) is 11.7. The third kappa shape index (κ3) is 5.45. The van der Waals surface area contributed by atoms with Crippen LogP contribution in [0.4, 0.5) is 5.69 Å². The topological polar surface area (TPSA) is 96.7 Å². The fourth-order valence-electron chi connectivity index (χ4n) is 3.50. The summed E-state index contributed by atoms with van der Waals surface area (Å²) in [5, 5.41) is 2.85. The summed E-state index contributed by atoms with van der Waals surface area (Å²) in [4.78, 5) is 26.6. The van der Waals surface area contributed by atoms with Crippen molar-refractivity contribution in [3.05, 3.63) is 82.8 Å². The van der Waals surface area contributed by atoms with E-state index in [0.717, 1.165) is 22.4 Å². The number of anilines is 1. The second-order valence-corrected chi connectivity index (χ2v) is 9.81. The van der Waals surface area contributed by atoms with Gasteiger partial charge in [-0.3, -0.25) is 9.59 Å². The number of sulfone groups is 1. The standard InChI is InChI=1S/C24H26N2O5S/c1-16-12-17(2)23(18(3)13-16)25-22(27)14-26(4)24(28)21-11-10-19(31-21)15-32(29,30)20-8-6-5-7-9-20/h5-13H,14-15H2,1-4H3,(H,25,27). The Morgan fingerprint density at radius 1 is 0.969 bits per heavy atom. The first-order valence-electron chi connectivity index (χ1n) is 10.1. The number of hydrogen-bond acceptors (Lipinski definition) is 5.